The van der Waals surface area contributed by atoms with E-state index in [2.05, 4.69) is 10.6 Å². The van der Waals surface area contributed by atoms with Gasteiger partial charge in [-0.15, -0.1) is 0 Å². The van der Waals surface area contributed by atoms with Gasteiger partial charge in [-0.25, -0.2) is 8.42 Å². The molecule has 0 radical (unpaired) electrons. The highest BCUT2D eigenvalue weighted by Crippen LogP contribution is 2.28. The molecular formula is C19H24N4O5S. The second kappa shape index (κ2) is 9.01. The Morgan fingerprint density at radius 1 is 1.24 bits per heavy atom. The van der Waals surface area contributed by atoms with Gasteiger partial charge < -0.3 is 10.6 Å². The van der Waals surface area contributed by atoms with Crippen LogP contribution in [0.25, 0.3) is 0 Å². The fourth-order valence-electron chi connectivity index (χ4n) is 2.88. The third-order valence-electron chi connectivity index (χ3n) is 4.51. The average molecular weight is 420 g/mol. The minimum atomic E-state index is -4.09. The van der Waals surface area contributed by atoms with E-state index in [4.69, 9.17) is 0 Å². The SMILES string of the molecule is CCc1cccc(C)c1NC(=O)CN(C)S(=O)(=O)c1ccc(NC)c([N+](=O)[O-])c1. The van der Waals surface area contributed by atoms with Crippen LogP contribution in [0.5, 0.6) is 0 Å². The number of hydrogen-bond acceptors (Lipinski definition) is 6. The van der Waals surface area contributed by atoms with Crippen LogP contribution >= 0.6 is 0 Å². The van der Waals surface area contributed by atoms with Crippen LogP contribution in [0.15, 0.2) is 41.3 Å². The van der Waals surface area contributed by atoms with Crippen molar-refractivity contribution in [2.45, 2.75) is 25.2 Å². The number of rotatable bonds is 8. The molecule has 0 aromatic heterocycles. The van der Waals surface area contributed by atoms with E-state index in [1.807, 2.05) is 32.0 Å². The third-order valence-corrected chi connectivity index (χ3v) is 6.31. The van der Waals surface area contributed by atoms with Gasteiger partial charge in [0.1, 0.15) is 5.69 Å². The number of anilines is 2. The van der Waals surface area contributed by atoms with Crippen molar-refractivity contribution in [1.82, 2.24) is 4.31 Å². The topological polar surface area (TPSA) is 122 Å². The van der Waals surface area contributed by atoms with Gasteiger partial charge in [0.05, 0.1) is 16.4 Å². The normalized spacial score (nSPS) is 11.3. The van der Waals surface area contributed by atoms with Crippen LogP contribution in [0.2, 0.25) is 0 Å². The molecule has 2 aromatic rings. The highest BCUT2D eigenvalue weighted by molar-refractivity contribution is 7.89. The van der Waals surface area contributed by atoms with Crippen molar-refractivity contribution in [3.63, 3.8) is 0 Å². The monoisotopic (exact) mass is 420 g/mol. The van der Waals surface area contributed by atoms with Crippen LogP contribution in [0, 0.1) is 17.0 Å². The molecule has 0 saturated heterocycles. The number of nitrogens with zero attached hydrogens (tertiary/aromatic N) is 2. The molecular weight excluding hydrogens is 396 g/mol. The summed E-state index contributed by atoms with van der Waals surface area (Å²) < 4.78 is 26.4. The molecule has 10 heteroatoms. The largest absolute Gasteiger partial charge is 0.383 e. The highest BCUT2D eigenvalue weighted by atomic mass is 32.2. The molecule has 29 heavy (non-hydrogen) atoms. The van der Waals surface area contributed by atoms with E-state index < -0.39 is 27.4 Å². The van der Waals surface area contributed by atoms with Gasteiger partial charge >= 0.3 is 0 Å². The van der Waals surface area contributed by atoms with E-state index in [9.17, 15) is 23.3 Å². The van der Waals surface area contributed by atoms with Gasteiger partial charge in [-0.1, -0.05) is 25.1 Å². The number of nitro benzene ring substituents is 1. The zero-order valence-corrected chi connectivity index (χ0v) is 17.5. The van der Waals surface area contributed by atoms with Gasteiger partial charge in [-0.3, -0.25) is 14.9 Å². The third kappa shape index (κ3) is 4.90. The molecule has 156 valence electrons. The minimum Gasteiger partial charge on any atom is -0.383 e. The second-order valence-corrected chi connectivity index (χ2v) is 8.50. The Labute approximate surface area is 169 Å². The minimum absolute atomic E-state index is 0.195. The lowest BCUT2D eigenvalue weighted by atomic mass is 10.1. The Morgan fingerprint density at radius 2 is 1.93 bits per heavy atom. The fourth-order valence-corrected chi connectivity index (χ4v) is 4.03. The van der Waals surface area contributed by atoms with E-state index in [0.717, 1.165) is 21.5 Å². The number of nitro groups is 1. The van der Waals surface area contributed by atoms with Crippen molar-refractivity contribution >= 4 is 33.0 Å². The molecule has 2 aromatic carbocycles. The molecule has 0 heterocycles. The summed E-state index contributed by atoms with van der Waals surface area (Å²) in [5.74, 6) is -0.499. The van der Waals surface area contributed by atoms with Gasteiger partial charge in [0, 0.05) is 25.8 Å². The van der Waals surface area contributed by atoms with Crippen molar-refractivity contribution < 1.29 is 18.1 Å². The van der Waals surface area contributed by atoms with Crippen LogP contribution < -0.4 is 10.6 Å². The second-order valence-electron chi connectivity index (χ2n) is 6.46. The zero-order chi connectivity index (χ0) is 21.8. The Morgan fingerprint density at radius 3 is 2.52 bits per heavy atom. The Hall–Kier alpha value is -2.98. The van der Waals surface area contributed by atoms with E-state index >= 15 is 0 Å². The fraction of sp³-hybridized carbons (Fsp3) is 0.316. The lowest BCUT2D eigenvalue weighted by molar-refractivity contribution is -0.384. The molecule has 0 atom stereocenters. The molecule has 2 N–H and O–H groups in total. The summed E-state index contributed by atoms with van der Waals surface area (Å²) in [4.78, 5) is 22.7. The van der Waals surface area contributed by atoms with E-state index in [1.165, 1.54) is 26.2 Å². The number of amides is 1. The first-order chi connectivity index (χ1) is 13.6. The summed E-state index contributed by atoms with van der Waals surface area (Å²) in [6, 6.07) is 9.20. The van der Waals surface area contributed by atoms with Gasteiger partial charge in [0.15, 0.2) is 0 Å². The van der Waals surface area contributed by atoms with Crippen molar-refractivity contribution in [1.29, 1.82) is 0 Å². The molecule has 1 amide bonds. The number of aryl methyl sites for hydroxylation is 2. The zero-order valence-electron chi connectivity index (χ0n) is 16.7. The lowest BCUT2D eigenvalue weighted by Crippen LogP contribution is -2.35. The summed E-state index contributed by atoms with van der Waals surface area (Å²) in [5.41, 5.74) is 2.32. The van der Waals surface area contributed by atoms with Crippen LogP contribution in [0.1, 0.15) is 18.1 Å². The molecule has 0 bridgehead atoms. The first kappa shape index (κ1) is 22.3. The smallest absolute Gasteiger partial charge is 0.293 e. The van der Waals surface area contributed by atoms with Crippen LogP contribution in [-0.2, 0) is 21.2 Å². The quantitative estimate of drug-likeness (QED) is 0.500. The number of hydrogen-bond donors (Lipinski definition) is 2. The molecule has 9 nitrogen and oxygen atoms in total. The number of para-hydroxylation sites is 1. The first-order valence-corrected chi connectivity index (χ1v) is 10.4. The Bertz CT molecular complexity index is 1040. The number of carbonyl (C=O) groups is 1. The maximum atomic E-state index is 12.8. The van der Waals surface area contributed by atoms with Gasteiger partial charge in [0.2, 0.25) is 15.9 Å². The molecule has 0 saturated carbocycles. The summed E-state index contributed by atoms with van der Waals surface area (Å²) in [7, 11) is -1.33. The maximum absolute atomic E-state index is 12.8. The number of nitrogens with one attached hydrogen (secondary N) is 2. The number of likely N-dealkylation sites (N-methyl/N-ethyl adjacent to an activating group) is 1. The predicted molar refractivity (Wildman–Crippen MR) is 112 cm³/mol. The van der Waals surface area contributed by atoms with E-state index in [-0.39, 0.29) is 16.3 Å². The first-order valence-electron chi connectivity index (χ1n) is 8.92. The average Bonchev–Trinajstić information content (AvgIpc) is 2.68. The molecule has 0 unspecified atom stereocenters. The Kier molecular flexibility index (Phi) is 6.93. The van der Waals surface area contributed by atoms with Crippen molar-refractivity contribution in [3.8, 4) is 0 Å². The molecule has 0 aliphatic rings. The highest BCUT2D eigenvalue weighted by Gasteiger charge is 2.26. The molecule has 0 aliphatic carbocycles. The van der Waals surface area contributed by atoms with Gasteiger partial charge in [-0.05, 0) is 36.6 Å². The van der Waals surface area contributed by atoms with Crippen LogP contribution in [-0.4, -0.2) is 44.2 Å². The Balaban J connectivity index is 2.24. The predicted octanol–water partition coefficient (Wildman–Crippen LogP) is 2.77. The van der Waals surface area contributed by atoms with Crippen molar-refractivity contribution in [2.24, 2.45) is 0 Å². The van der Waals surface area contributed by atoms with E-state index in [1.54, 1.807) is 0 Å². The van der Waals surface area contributed by atoms with Crippen molar-refractivity contribution in [3.05, 3.63) is 57.6 Å². The number of carbonyl (C=O) groups excluding carboxylic acids is 1. The summed E-state index contributed by atoms with van der Waals surface area (Å²) in [5, 5.41) is 16.6. The molecule has 0 fully saturated rings. The lowest BCUT2D eigenvalue weighted by Gasteiger charge is -2.18. The van der Waals surface area contributed by atoms with Crippen LogP contribution in [0.4, 0.5) is 17.1 Å². The molecule has 0 aliphatic heterocycles. The van der Waals surface area contributed by atoms with E-state index in [0.29, 0.717) is 12.1 Å². The summed E-state index contributed by atoms with van der Waals surface area (Å²) in [6.07, 6.45) is 0.715. The number of sulfonamides is 1. The molecule has 2 rings (SSSR count). The number of benzene rings is 2. The summed E-state index contributed by atoms with van der Waals surface area (Å²) >= 11 is 0. The standard InChI is InChI=1S/C19H24N4O5S/c1-5-14-8-6-7-13(2)19(14)21-18(24)12-22(4)29(27,28)15-9-10-16(20-3)17(11-15)23(25)26/h6-11,20H,5,12H2,1-4H3,(H,21,24). The van der Waals surface area contributed by atoms with Crippen molar-refractivity contribution in [2.75, 3.05) is 31.3 Å². The van der Waals surface area contributed by atoms with Gasteiger partial charge in [-0.2, -0.15) is 4.31 Å². The van der Waals surface area contributed by atoms with Gasteiger partial charge in [0.25, 0.3) is 5.69 Å². The summed E-state index contributed by atoms with van der Waals surface area (Å²) in [6.45, 7) is 3.39. The molecule has 0 spiro atoms. The van der Waals surface area contributed by atoms with Crippen LogP contribution in [0.3, 0.4) is 0 Å². The maximum Gasteiger partial charge on any atom is 0.293 e.